The first-order valence-corrected chi connectivity index (χ1v) is 6.84. The maximum atomic E-state index is 12.8. The Labute approximate surface area is 109 Å². The molecule has 104 valence electrons. The van der Waals surface area contributed by atoms with Gasteiger partial charge in [0.1, 0.15) is 5.60 Å². The molecule has 5 nitrogen and oxygen atoms in total. The summed E-state index contributed by atoms with van der Waals surface area (Å²) in [4.78, 5) is 17.1. The summed E-state index contributed by atoms with van der Waals surface area (Å²) in [6.07, 6.45) is 1.56. The van der Waals surface area contributed by atoms with E-state index in [9.17, 15) is 4.79 Å². The molecule has 0 saturated carbocycles. The first kappa shape index (κ1) is 13.8. The van der Waals surface area contributed by atoms with Crippen LogP contribution in [-0.4, -0.2) is 74.2 Å². The van der Waals surface area contributed by atoms with Crippen LogP contribution in [0.5, 0.6) is 0 Å². The summed E-state index contributed by atoms with van der Waals surface area (Å²) in [6, 6.07) is 0.276. The zero-order valence-corrected chi connectivity index (χ0v) is 11.7. The molecule has 5 heteroatoms. The smallest absolute Gasteiger partial charge is 0.255 e. The predicted octanol–water partition coefficient (Wildman–Crippen LogP) is -0.0825. The van der Waals surface area contributed by atoms with Crippen molar-refractivity contribution in [1.82, 2.24) is 15.1 Å². The lowest BCUT2D eigenvalue weighted by Gasteiger charge is -2.44. The second-order valence-corrected chi connectivity index (χ2v) is 5.56. The molecule has 2 rings (SSSR count). The zero-order chi connectivity index (χ0) is 13.2. The van der Waals surface area contributed by atoms with Crippen molar-refractivity contribution in [3.8, 4) is 0 Å². The van der Waals surface area contributed by atoms with Crippen molar-refractivity contribution >= 4 is 5.91 Å². The highest BCUT2D eigenvalue weighted by molar-refractivity contribution is 5.86. The molecule has 1 atom stereocenters. The SMILES string of the molecule is COC1(C(=O)N2CCN(C)CC2C)CCNCC1. The predicted molar refractivity (Wildman–Crippen MR) is 70.5 cm³/mol. The molecule has 2 heterocycles. The number of piperidine rings is 1. The van der Waals surface area contributed by atoms with E-state index >= 15 is 0 Å². The minimum Gasteiger partial charge on any atom is -0.368 e. The van der Waals surface area contributed by atoms with Crippen molar-refractivity contribution in [3.63, 3.8) is 0 Å². The van der Waals surface area contributed by atoms with Crippen LogP contribution in [0, 0.1) is 0 Å². The number of carbonyl (C=O) groups excluding carboxylic acids is 1. The van der Waals surface area contributed by atoms with Crippen LogP contribution in [0.25, 0.3) is 0 Å². The van der Waals surface area contributed by atoms with Crippen LogP contribution in [0.4, 0.5) is 0 Å². The molecule has 2 aliphatic heterocycles. The van der Waals surface area contributed by atoms with E-state index in [1.807, 2.05) is 4.90 Å². The average molecular weight is 255 g/mol. The van der Waals surface area contributed by atoms with Crippen molar-refractivity contribution in [3.05, 3.63) is 0 Å². The summed E-state index contributed by atoms with van der Waals surface area (Å²) in [5, 5.41) is 3.29. The van der Waals surface area contributed by atoms with Gasteiger partial charge >= 0.3 is 0 Å². The molecule has 2 aliphatic rings. The van der Waals surface area contributed by atoms with Crippen molar-refractivity contribution in [1.29, 1.82) is 0 Å². The number of nitrogens with zero attached hydrogens (tertiary/aromatic N) is 2. The molecule has 2 saturated heterocycles. The Morgan fingerprint density at radius 3 is 2.56 bits per heavy atom. The van der Waals surface area contributed by atoms with Gasteiger partial charge in [-0.25, -0.2) is 0 Å². The summed E-state index contributed by atoms with van der Waals surface area (Å²) in [7, 11) is 3.78. The van der Waals surface area contributed by atoms with Crippen LogP contribution < -0.4 is 5.32 Å². The fourth-order valence-electron chi connectivity index (χ4n) is 3.04. The van der Waals surface area contributed by atoms with Gasteiger partial charge in [0.15, 0.2) is 0 Å². The van der Waals surface area contributed by atoms with E-state index in [-0.39, 0.29) is 11.9 Å². The second-order valence-electron chi connectivity index (χ2n) is 5.56. The maximum Gasteiger partial charge on any atom is 0.255 e. The van der Waals surface area contributed by atoms with Gasteiger partial charge in [0.2, 0.25) is 0 Å². The molecule has 0 aromatic heterocycles. The minimum absolute atomic E-state index is 0.187. The van der Waals surface area contributed by atoms with E-state index in [2.05, 4.69) is 24.2 Å². The summed E-state index contributed by atoms with van der Waals surface area (Å²) in [5.74, 6) is 0.187. The highest BCUT2D eigenvalue weighted by Gasteiger charge is 2.44. The van der Waals surface area contributed by atoms with Crippen LogP contribution in [0.15, 0.2) is 0 Å². The van der Waals surface area contributed by atoms with Gasteiger partial charge in [-0.2, -0.15) is 0 Å². The van der Waals surface area contributed by atoms with E-state index in [0.29, 0.717) is 0 Å². The number of amides is 1. The molecule has 0 bridgehead atoms. The fraction of sp³-hybridized carbons (Fsp3) is 0.923. The number of hydrogen-bond donors (Lipinski definition) is 1. The average Bonchev–Trinajstić information content (AvgIpc) is 2.39. The first-order valence-electron chi connectivity index (χ1n) is 6.84. The maximum absolute atomic E-state index is 12.8. The largest absolute Gasteiger partial charge is 0.368 e. The Morgan fingerprint density at radius 1 is 1.33 bits per heavy atom. The number of piperazine rings is 1. The third kappa shape index (κ3) is 2.53. The van der Waals surface area contributed by atoms with Crippen molar-refractivity contribution in [2.75, 3.05) is 46.9 Å². The molecular weight excluding hydrogens is 230 g/mol. The standard InChI is InChI=1S/C13H25N3O2/c1-11-10-15(2)8-9-16(11)12(17)13(18-3)4-6-14-7-5-13/h11,14H,4-10H2,1-3H3. The quantitative estimate of drug-likeness (QED) is 0.749. The normalized spacial score (nSPS) is 29.3. The summed E-state index contributed by atoms with van der Waals surface area (Å²) in [5.41, 5.74) is -0.588. The number of hydrogen-bond acceptors (Lipinski definition) is 4. The topological polar surface area (TPSA) is 44.8 Å². The van der Waals surface area contributed by atoms with Crippen molar-refractivity contribution in [2.24, 2.45) is 0 Å². The van der Waals surface area contributed by atoms with Gasteiger partial charge in [0.25, 0.3) is 5.91 Å². The number of rotatable bonds is 2. The van der Waals surface area contributed by atoms with Gasteiger partial charge in [0.05, 0.1) is 0 Å². The molecular formula is C13H25N3O2. The van der Waals surface area contributed by atoms with E-state index in [1.54, 1.807) is 7.11 Å². The monoisotopic (exact) mass is 255 g/mol. The zero-order valence-electron chi connectivity index (χ0n) is 11.7. The van der Waals surface area contributed by atoms with Crippen LogP contribution in [-0.2, 0) is 9.53 Å². The Hall–Kier alpha value is -0.650. The van der Waals surface area contributed by atoms with E-state index < -0.39 is 5.60 Å². The van der Waals surface area contributed by atoms with Crippen LogP contribution >= 0.6 is 0 Å². The van der Waals surface area contributed by atoms with E-state index in [0.717, 1.165) is 45.6 Å². The molecule has 1 N–H and O–H groups in total. The van der Waals surface area contributed by atoms with Gasteiger partial charge in [-0.3, -0.25) is 4.79 Å². The van der Waals surface area contributed by atoms with Crippen LogP contribution in [0.2, 0.25) is 0 Å². The third-order valence-corrected chi connectivity index (χ3v) is 4.28. The van der Waals surface area contributed by atoms with Gasteiger partial charge < -0.3 is 19.9 Å². The van der Waals surface area contributed by atoms with Gasteiger partial charge in [0, 0.05) is 32.8 Å². The Balaban J connectivity index is 2.09. The van der Waals surface area contributed by atoms with Gasteiger partial charge in [-0.05, 0) is 39.9 Å². The second kappa shape index (κ2) is 5.55. The Kier molecular flexibility index (Phi) is 4.25. The van der Waals surface area contributed by atoms with Crippen LogP contribution in [0.3, 0.4) is 0 Å². The molecule has 1 unspecified atom stereocenters. The molecule has 0 aromatic carbocycles. The molecule has 2 fully saturated rings. The lowest BCUT2D eigenvalue weighted by molar-refractivity contribution is -0.162. The highest BCUT2D eigenvalue weighted by atomic mass is 16.5. The molecule has 0 spiro atoms. The number of ether oxygens (including phenoxy) is 1. The Bertz CT molecular complexity index is 303. The van der Waals surface area contributed by atoms with E-state index in [1.165, 1.54) is 0 Å². The molecule has 18 heavy (non-hydrogen) atoms. The molecule has 0 aromatic rings. The van der Waals surface area contributed by atoms with Gasteiger partial charge in [-0.1, -0.05) is 0 Å². The van der Waals surface area contributed by atoms with Crippen molar-refractivity contribution < 1.29 is 9.53 Å². The number of likely N-dealkylation sites (N-methyl/N-ethyl adjacent to an activating group) is 1. The summed E-state index contributed by atoms with van der Waals surface area (Å²) in [6.45, 7) is 6.56. The van der Waals surface area contributed by atoms with Crippen molar-refractivity contribution in [2.45, 2.75) is 31.4 Å². The lowest BCUT2D eigenvalue weighted by Crippen LogP contribution is -2.61. The Morgan fingerprint density at radius 2 is 2.00 bits per heavy atom. The molecule has 0 aliphatic carbocycles. The summed E-state index contributed by atoms with van der Waals surface area (Å²) >= 11 is 0. The number of methoxy groups -OCH3 is 1. The van der Waals surface area contributed by atoms with E-state index in [4.69, 9.17) is 4.74 Å². The number of nitrogens with one attached hydrogen (secondary N) is 1. The van der Waals surface area contributed by atoms with Crippen LogP contribution in [0.1, 0.15) is 19.8 Å². The third-order valence-electron chi connectivity index (χ3n) is 4.28. The molecule has 1 amide bonds. The first-order chi connectivity index (χ1) is 8.59. The molecule has 0 radical (unpaired) electrons. The minimum atomic E-state index is -0.588. The summed E-state index contributed by atoms with van der Waals surface area (Å²) < 4.78 is 5.62. The van der Waals surface area contributed by atoms with Gasteiger partial charge in [-0.15, -0.1) is 0 Å². The number of carbonyl (C=O) groups is 1. The fourth-order valence-corrected chi connectivity index (χ4v) is 3.04. The lowest BCUT2D eigenvalue weighted by atomic mass is 9.89. The highest BCUT2D eigenvalue weighted by Crippen LogP contribution is 2.27.